The Bertz CT molecular complexity index is 465. The molecule has 2 aromatic rings. The van der Waals surface area contributed by atoms with E-state index in [0.717, 1.165) is 11.3 Å². The van der Waals surface area contributed by atoms with Gasteiger partial charge < -0.3 is 10.8 Å². The number of fused-ring (bicyclic) bond motifs is 1. The fourth-order valence-corrected chi connectivity index (χ4v) is 1.64. The fourth-order valence-electron chi connectivity index (χ4n) is 1.64. The molecule has 5 nitrogen and oxygen atoms in total. The van der Waals surface area contributed by atoms with Gasteiger partial charge in [0.25, 0.3) is 0 Å². The van der Waals surface area contributed by atoms with E-state index >= 15 is 0 Å². The first-order chi connectivity index (χ1) is 7.24. The predicted octanol–water partition coefficient (Wildman–Crippen LogP) is 0.420. The molecule has 0 spiro atoms. The van der Waals surface area contributed by atoms with Crippen molar-refractivity contribution in [2.24, 2.45) is 5.73 Å². The van der Waals surface area contributed by atoms with Gasteiger partial charge in [-0.05, 0) is 26.0 Å². The molecule has 80 valence electrons. The van der Waals surface area contributed by atoms with Crippen LogP contribution in [0.4, 0.5) is 0 Å². The molecular weight excluding hydrogens is 192 g/mol. The Morgan fingerprint density at radius 1 is 1.60 bits per heavy atom. The van der Waals surface area contributed by atoms with E-state index in [1.165, 1.54) is 0 Å². The van der Waals surface area contributed by atoms with Gasteiger partial charge in [-0.25, -0.2) is 9.97 Å². The number of rotatable bonds is 3. The van der Waals surface area contributed by atoms with Crippen LogP contribution in [0.15, 0.2) is 18.6 Å². The quantitative estimate of drug-likeness (QED) is 0.763. The summed E-state index contributed by atoms with van der Waals surface area (Å²) in [5, 5.41) is 9.83. The van der Waals surface area contributed by atoms with Gasteiger partial charge in [0.05, 0.1) is 11.8 Å². The zero-order chi connectivity index (χ0) is 10.8. The molecule has 0 saturated carbocycles. The van der Waals surface area contributed by atoms with Crippen molar-refractivity contribution >= 4 is 5.65 Å². The van der Waals surface area contributed by atoms with Crippen molar-refractivity contribution in [3.63, 3.8) is 0 Å². The summed E-state index contributed by atoms with van der Waals surface area (Å²) >= 11 is 0. The Kier molecular flexibility index (Phi) is 2.66. The average molecular weight is 206 g/mol. The molecule has 3 N–H and O–H groups in total. The highest BCUT2D eigenvalue weighted by Gasteiger charge is 2.15. The minimum absolute atomic E-state index is 0.451. The second-order valence-corrected chi connectivity index (χ2v) is 3.48. The molecule has 0 aliphatic rings. The maximum Gasteiger partial charge on any atom is 0.140 e. The third-order valence-electron chi connectivity index (χ3n) is 2.46. The molecule has 0 saturated heterocycles. The molecule has 0 fully saturated rings. The van der Waals surface area contributed by atoms with Gasteiger partial charge in [0.1, 0.15) is 12.0 Å². The monoisotopic (exact) mass is 206 g/mol. The van der Waals surface area contributed by atoms with Crippen LogP contribution >= 0.6 is 0 Å². The Morgan fingerprint density at radius 2 is 2.40 bits per heavy atom. The number of nitrogens with zero attached hydrogens (tertiary/aromatic N) is 3. The van der Waals surface area contributed by atoms with E-state index in [0.29, 0.717) is 18.7 Å². The summed E-state index contributed by atoms with van der Waals surface area (Å²) in [6.07, 6.45) is 3.31. The normalized spacial score (nSPS) is 13.3. The molecule has 15 heavy (non-hydrogen) atoms. The minimum atomic E-state index is -0.588. The Morgan fingerprint density at radius 3 is 3.07 bits per heavy atom. The van der Waals surface area contributed by atoms with Crippen LogP contribution in [0.5, 0.6) is 0 Å². The number of nitrogens with two attached hydrogens (primary N) is 1. The molecule has 0 aliphatic carbocycles. The van der Waals surface area contributed by atoms with E-state index in [1.54, 1.807) is 12.5 Å². The number of hydrogen-bond donors (Lipinski definition) is 2. The number of aliphatic hydroxyl groups excluding tert-OH is 1. The highest BCUT2D eigenvalue weighted by Crippen LogP contribution is 2.20. The highest BCUT2D eigenvalue weighted by molar-refractivity contribution is 5.41. The first-order valence-electron chi connectivity index (χ1n) is 4.90. The van der Waals surface area contributed by atoms with Crippen LogP contribution in [0.3, 0.4) is 0 Å². The molecule has 1 unspecified atom stereocenters. The van der Waals surface area contributed by atoms with E-state index in [-0.39, 0.29) is 0 Å². The summed E-state index contributed by atoms with van der Waals surface area (Å²) in [7, 11) is 0. The van der Waals surface area contributed by atoms with Gasteiger partial charge in [0, 0.05) is 11.9 Å². The number of aliphatic hydroxyl groups is 1. The maximum atomic E-state index is 9.83. The van der Waals surface area contributed by atoms with E-state index in [2.05, 4.69) is 9.97 Å². The van der Waals surface area contributed by atoms with Crippen molar-refractivity contribution in [2.75, 3.05) is 6.54 Å². The number of aromatic nitrogens is 3. The van der Waals surface area contributed by atoms with Crippen LogP contribution in [-0.2, 0) is 0 Å². The van der Waals surface area contributed by atoms with Gasteiger partial charge >= 0.3 is 0 Å². The Labute approximate surface area is 87.6 Å². The highest BCUT2D eigenvalue weighted by atomic mass is 16.3. The van der Waals surface area contributed by atoms with E-state index < -0.39 is 6.10 Å². The zero-order valence-corrected chi connectivity index (χ0v) is 8.59. The molecule has 2 heterocycles. The first kappa shape index (κ1) is 10.1. The summed E-state index contributed by atoms with van der Waals surface area (Å²) in [6.45, 7) is 2.36. The molecule has 0 aromatic carbocycles. The number of aryl methyl sites for hydroxylation is 1. The summed E-state index contributed by atoms with van der Waals surface area (Å²) < 4.78 is 1.86. The maximum absolute atomic E-state index is 9.83. The van der Waals surface area contributed by atoms with Gasteiger partial charge in [-0.1, -0.05) is 0 Å². The van der Waals surface area contributed by atoms with Crippen LogP contribution in [0, 0.1) is 6.92 Å². The van der Waals surface area contributed by atoms with E-state index in [4.69, 9.17) is 5.73 Å². The topological polar surface area (TPSA) is 76.4 Å². The van der Waals surface area contributed by atoms with Crippen LogP contribution in [0.25, 0.3) is 5.65 Å². The zero-order valence-electron chi connectivity index (χ0n) is 8.59. The van der Waals surface area contributed by atoms with E-state index in [1.807, 2.05) is 17.4 Å². The second kappa shape index (κ2) is 3.96. The summed E-state index contributed by atoms with van der Waals surface area (Å²) in [5.41, 5.74) is 7.81. The molecule has 0 radical (unpaired) electrons. The summed E-state index contributed by atoms with van der Waals surface area (Å²) in [4.78, 5) is 8.36. The first-order valence-corrected chi connectivity index (χ1v) is 4.90. The van der Waals surface area contributed by atoms with Crippen molar-refractivity contribution in [3.8, 4) is 0 Å². The molecule has 2 aromatic heterocycles. The largest absolute Gasteiger partial charge is 0.387 e. The SMILES string of the molecule is Cc1c(C(O)CCN)nc2ccncn12. The lowest BCUT2D eigenvalue weighted by Gasteiger charge is -2.06. The number of hydrogen-bond acceptors (Lipinski definition) is 4. The molecule has 0 amide bonds. The Balaban J connectivity index is 2.48. The van der Waals surface area contributed by atoms with Gasteiger partial charge in [0.2, 0.25) is 0 Å². The van der Waals surface area contributed by atoms with Gasteiger partial charge in [-0.2, -0.15) is 0 Å². The van der Waals surface area contributed by atoms with Crippen molar-refractivity contribution in [1.29, 1.82) is 0 Å². The third-order valence-corrected chi connectivity index (χ3v) is 2.46. The van der Waals surface area contributed by atoms with Crippen LogP contribution < -0.4 is 5.73 Å². The average Bonchev–Trinajstić information content (AvgIpc) is 2.57. The van der Waals surface area contributed by atoms with Crippen molar-refractivity contribution in [1.82, 2.24) is 14.4 Å². The Hall–Kier alpha value is -1.46. The van der Waals surface area contributed by atoms with Crippen molar-refractivity contribution in [3.05, 3.63) is 30.0 Å². The summed E-state index contributed by atoms with van der Waals surface area (Å²) in [5.74, 6) is 0. The lowest BCUT2D eigenvalue weighted by Crippen LogP contribution is -2.08. The minimum Gasteiger partial charge on any atom is -0.387 e. The fraction of sp³-hybridized carbons (Fsp3) is 0.400. The number of imidazole rings is 1. The molecule has 5 heteroatoms. The smallest absolute Gasteiger partial charge is 0.140 e. The van der Waals surface area contributed by atoms with Crippen molar-refractivity contribution in [2.45, 2.75) is 19.4 Å². The third kappa shape index (κ3) is 1.71. The van der Waals surface area contributed by atoms with Gasteiger partial charge in [-0.3, -0.25) is 4.40 Å². The molecule has 1 atom stereocenters. The molecule has 2 rings (SSSR count). The summed E-state index contributed by atoms with van der Waals surface area (Å²) in [6, 6.07) is 1.81. The van der Waals surface area contributed by atoms with Crippen LogP contribution in [-0.4, -0.2) is 26.0 Å². The second-order valence-electron chi connectivity index (χ2n) is 3.48. The standard InChI is InChI=1S/C10H14N4O/c1-7-10(8(15)2-4-11)13-9-3-5-12-6-14(7)9/h3,5-6,8,15H,2,4,11H2,1H3. The lowest BCUT2D eigenvalue weighted by molar-refractivity contribution is 0.165. The van der Waals surface area contributed by atoms with Crippen molar-refractivity contribution < 1.29 is 5.11 Å². The lowest BCUT2D eigenvalue weighted by atomic mass is 10.1. The van der Waals surface area contributed by atoms with Gasteiger partial charge in [0.15, 0.2) is 0 Å². The molecule has 0 bridgehead atoms. The van der Waals surface area contributed by atoms with E-state index in [9.17, 15) is 5.11 Å². The predicted molar refractivity (Wildman–Crippen MR) is 56.4 cm³/mol. The molecule has 0 aliphatic heterocycles. The van der Waals surface area contributed by atoms with Gasteiger partial charge in [-0.15, -0.1) is 0 Å². The van der Waals surface area contributed by atoms with Crippen LogP contribution in [0.1, 0.15) is 23.9 Å². The molecular formula is C10H14N4O. The van der Waals surface area contributed by atoms with Crippen LogP contribution in [0.2, 0.25) is 0 Å².